The summed E-state index contributed by atoms with van der Waals surface area (Å²) in [5, 5.41) is 12.6. The van der Waals surface area contributed by atoms with Crippen LogP contribution in [0.3, 0.4) is 0 Å². The molecule has 2 heterocycles. The first-order valence-electron chi connectivity index (χ1n) is 19.6. The fraction of sp³-hybridized carbons (Fsp3) is 0.535. The summed E-state index contributed by atoms with van der Waals surface area (Å²) in [7, 11) is 38.2. The van der Waals surface area contributed by atoms with E-state index in [0.29, 0.717) is 14.0 Å². The minimum atomic E-state index is -4.79. The SMILES string of the molecule is C.CC(C)(C)c1cc(C(F)(F)F)cc(C(F)(F)F)c1.CN1C=CN(C)[CH-]1.CN1C=CN(C)[CH-]1.Cc1ccc(C(C)C)cc1.N=PP.PCCNCCP.[Ar].[Ar].[Ar].[Ar].[Ar].[Ar].[CH2-]CCNCCP.[CH3-].[Cl][Ru+2][Cl].[Cl][Ru][Cl]. The molecule has 30 heteroatoms. The van der Waals surface area contributed by atoms with Gasteiger partial charge in [-0.3, -0.25) is 5.16 Å². The van der Waals surface area contributed by atoms with Crippen LogP contribution in [0.4, 0.5) is 26.3 Å². The molecule has 3 N–H and O–H groups in total. The fourth-order valence-electron chi connectivity index (χ4n) is 4.17. The Morgan fingerprint density at radius 2 is 0.918 bits per heavy atom. The predicted molar refractivity (Wildman–Crippen MR) is 294 cm³/mol. The van der Waals surface area contributed by atoms with Crippen molar-refractivity contribution in [3.05, 3.63) is 123 Å². The van der Waals surface area contributed by atoms with Crippen molar-refractivity contribution in [3.8, 4) is 0 Å². The maximum atomic E-state index is 12.6. The minimum absolute atomic E-state index is 0. The number of hydrogen-bond acceptors (Lipinski definition) is 7. The van der Waals surface area contributed by atoms with Gasteiger partial charge in [-0.2, -0.15) is 46.1 Å². The molecule has 0 aromatic heterocycles. The molecule has 4 unspecified atom stereocenters. The summed E-state index contributed by atoms with van der Waals surface area (Å²) in [6.45, 7) is 23.3. The molecule has 0 amide bonds. The molecule has 7 nitrogen and oxygen atoms in total. The predicted octanol–water partition coefficient (Wildman–Crippen LogP) is 15.4. The molecule has 2 aromatic carbocycles. The van der Waals surface area contributed by atoms with Crippen molar-refractivity contribution in [3.63, 3.8) is 0 Å². The molecule has 4 rings (SSSR count). The second-order valence-corrected chi connectivity index (χ2v) is 22.6. The summed E-state index contributed by atoms with van der Waals surface area (Å²) in [5.74, 6) is 0.653. The number of benzene rings is 2. The molecular formula is C43H80Ar6Cl4F6N7P5Ru2-2. The molecule has 0 bridgehead atoms. The van der Waals surface area contributed by atoms with E-state index < -0.39 is 28.9 Å². The Bertz CT molecular complexity index is 1350. The van der Waals surface area contributed by atoms with Crippen LogP contribution in [-0.4, -0.2) is 92.5 Å². The van der Waals surface area contributed by atoms with Crippen LogP contribution in [0.5, 0.6) is 0 Å². The summed E-state index contributed by atoms with van der Waals surface area (Å²) in [6.07, 6.45) is 2.86. The third kappa shape index (κ3) is 80.4. The van der Waals surface area contributed by atoms with Crippen LogP contribution in [0.2, 0.25) is 0 Å². The summed E-state index contributed by atoms with van der Waals surface area (Å²) in [5.41, 5.74) is -0.578. The number of nitrogens with zero attached hydrogens (tertiary/aromatic N) is 4. The van der Waals surface area contributed by atoms with Gasteiger partial charge in [-0.1, -0.05) is 80.8 Å². The first-order valence-corrected chi connectivity index (χ1v) is 33.5. The Morgan fingerprint density at radius 1 is 0.671 bits per heavy atom. The number of aryl methyl sites for hydroxylation is 1. The zero-order valence-corrected chi connectivity index (χ0v) is 58.4. The normalized spacial score (nSPS) is 11.2. The summed E-state index contributed by atoms with van der Waals surface area (Å²) in [6, 6.07) is 10.4. The van der Waals surface area contributed by atoms with E-state index >= 15 is 0 Å². The first kappa shape index (κ1) is 112. The van der Waals surface area contributed by atoms with E-state index in [1.165, 1.54) is 11.1 Å². The molecule has 0 saturated heterocycles. The average molecular weight is 1550 g/mol. The van der Waals surface area contributed by atoms with Crippen LogP contribution in [0.1, 0.15) is 82.2 Å². The van der Waals surface area contributed by atoms with E-state index in [-0.39, 0.29) is 283 Å². The zero-order valence-electron chi connectivity index (χ0n) is 42.1. The van der Waals surface area contributed by atoms with Gasteiger partial charge in [0, 0.05) is 234 Å². The number of halogens is 10. The third-order valence-electron chi connectivity index (χ3n) is 7.32. The molecule has 0 radical (unpaired) electrons. The van der Waals surface area contributed by atoms with Gasteiger partial charge in [0.2, 0.25) is 0 Å². The molecule has 0 fully saturated rings. The Morgan fingerprint density at radius 3 is 1.10 bits per heavy atom. The number of rotatable bonds is 9. The Balaban J connectivity index is -0.0000000527. The van der Waals surface area contributed by atoms with Gasteiger partial charge in [-0.15, -0.1) is 27.7 Å². The quantitative estimate of drug-likeness (QED) is 0.0765. The topological polar surface area (TPSA) is 60.9 Å². The second kappa shape index (κ2) is 74.7. The second-order valence-electron chi connectivity index (χ2n) is 14.5. The number of hydrogen-bond donors (Lipinski definition) is 3. The Hall–Kier alpha value is 8.41. The van der Waals surface area contributed by atoms with Crippen molar-refractivity contribution in [2.75, 3.05) is 72.9 Å². The van der Waals surface area contributed by atoms with Crippen LogP contribution in [0.15, 0.2) is 67.3 Å². The van der Waals surface area contributed by atoms with Gasteiger partial charge in [0.25, 0.3) is 0 Å². The van der Waals surface area contributed by atoms with E-state index in [1.807, 2.05) is 85.9 Å². The average Bonchev–Trinajstić information content (AvgIpc) is 3.80. The standard InChI is InChI=1S/C12H12F6.C10H14.2C5H9N2.C5H13NP.C4H13NP2.CH4.CH3.6Ar.4ClH.H3NP2.2Ru/c1-10(2,3)7-4-8(11(13,14)15)6-9(5-7)12(16,17)18;1-8(2)10-6-4-9(3)5-7-10;2*1-6-3-4-7(2)5-6;1-2-3-6-4-5-7;6-3-1-5-2-4-7;;;;;;;;;;;;;1-3-2;;/h4-6H,1-3H3;4-8H,1-3H3;2*3-5H,1-2H3;6H,1-5,7H2;5H,1-4,6-7H2;1H4;1H3;;;;;;;4*1H;1H,2H2;;/q;;3*-1;;;-1;;;;;;;;;;;;+2;+4/p-4. The summed E-state index contributed by atoms with van der Waals surface area (Å²) < 4.78 is 75.3. The van der Waals surface area contributed by atoms with Crippen molar-refractivity contribution in [1.82, 2.24) is 30.2 Å². The number of nitrogens with one attached hydrogen (secondary N) is 3. The van der Waals surface area contributed by atoms with E-state index in [2.05, 4.69) is 99.2 Å². The Labute approximate surface area is 663 Å². The van der Waals surface area contributed by atoms with Crippen molar-refractivity contribution in [2.45, 2.75) is 79.1 Å². The van der Waals surface area contributed by atoms with Crippen molar-refractivity contribution < 1.29 is 283 Å². The van der Waals surface area contributed by atoms with E-state index in [9.17, 15) is 26.3 Å². The van der Waals surface area contributed by atoms with Crippen molar-refractivity contribution in [1.29, 1.82) is 5.16 Å². The van der Waals surface area contributed by atoms with Crippen LogP contribution in [-0.2, 0) is 48.1 Å². The van der Waals surface area contributed by atoms with Crippen LogP contribution in [0, 0.1) is 266 Å². The molecule has 0 spiro atoms. The monoisotopic (exact) mass is 1550 g/mol. The zero-order chi connectivity index (χ0) is 51.7. The van der Waals surface area contributed by atoms with Gasteiger partial charge in [0.05, 0.1) is 11.1 Å². The van der Waals surface area contributed by atoms with Crippen LogP contribution < -0.4 is 10.6 Å². The number of alkyl halides is 6. The summed E-state index contributed by atoms with van der Waals surface area (Å²) >= 11 is -0.691. The van der Waals surface area contributed by atoms with E-state index in [1.54, 1.807) is 20.8 Å². The van der Waals surface area contributed by atoms with Gasteiger partial charge in [0.1, 0.15) is 0 Å². The fourth-order valence-corrected chi connectivity index (χ4v) is 4.78. The van der Waals surface area contributed by atoms with Gasteiger partial charge >= 0.3 is 81.4 Å². The molecule has 448 valence electrons. The van der Waals surface area contributed by atoms with Crippen LogP contribution >= 0.6 is 83.5 Å². The molecule has 73 heavy (non-hydrogen) atoms. The van der Waals surface area contributed by atoms with Gasteiger partial charge in [-0.25, -0.2) is 0 Å². The maximum absolute atomic E-state index is 12.6. The Kier molecular flexibility index (Phi) is 115. The molecule has 4 atom stereocenters. The third-order valence-corrected chi connectivity index (χ3v) is 8.18. The first-order chi connectivity index (χ1) is 30.2. The van der Waals surface area contributed by atoms with Crippen molar-refractivity contribution in [2.24, 2.45) is 0 Å². The summed E-state index contributed by atoms with van der Waals surface area (Å²) in [4.78, 5) is 8.00. The molecular weight excluding hydrogens is 1470 g/mol. The van der Waals surface area contributed by atoms with Crippen LogP contribution in [0.25, 0.3) is 0 Å². The van der Waals surface area contributed by atoms with E-state index in [4.69, 9.17) is 43.9 Å². The molecule has 2 aromatic rings. The molecule has 0 saturated carbocycles. The molecule has 0 aliphatic carbocycles. The van der Waals surface area contributed by atoms with Gasteiger partial charge < -0.3 is 44.6 Å². The van der Waals surface area contributed by atoms with E-state index in [0.717, 1.165) is 63.2 Å². The van der Waals surface area contributed by atoms with Gasteiger partial charge in [-0.05, 0) is 145 Å². The molecule has 2 aliphatic rings. The van der Waals surface area contributed by atoms with Crippen molar-refractivity contribution >= 4 is 83.5 Å². The van der Waals surface area contributed by atoms with Gasteiger partial charge in [0.15, 0.2) is 0 Å². The molecule has 2 aliphatic heterocycles.